The van der Waals surface area contributed by atoms with Gasteiger partial charge >= 0.3 is 0 Å². The Bertz CT molecular complexity index is 552. The van der Waals surface area contributed by atoms with Crippen molar-refractivity contribution in [1.82, 2.24) is 4.90 Å². The molecule has 1 saturated heterocycles. The number of rotatable bonds is 2. The molecule has 0 aromatic heterocycles. The normalized spacial score (nSPS) is 23.8. The van der Waals surface area contributed by atoms with E-state index in [9.17, 15) is 9.90 Å². The Morgan fingerprint density at radius 3 is 2.62 bits per heavy atom. The average Bonchev–Trinajstić information content (AvgIpc) is 2.52. The predicted octanol–water partition coefficient (Wildman–Crippen LogP) is 2.73. The van der Waals surface area contributed by atoms with Crippen molar-refractivity contribution in [2.75, 3.05) is 20.2 Å². The number of methoxy groups -OCH3 is 1. The number of halogens is 1. The van der Waals surface area contributed by atoms with Gasteiger partial charge in [-0.25, -0.2) is 0 Å². The molecule has 0 radical (unpaired) electrons. The smallest absolute Gasteiger partial charge is 0.257 e. The van der Waals surface area contributed by atoms with Crippen molar-refractivity contribution < 1.29 is 14.6 Å². The third-order valence-corrected chi connectivity index (χ3v) is 5.30. The van der Waals surface area contributed by atoms with Gasteiger partial charge < -0.3 is 14.7 Å². The van der Waals surface area contributed by atoms with Gasteiger partial charge in [0.25, 0.3) is 5.91 Å². The summed E-state index contributed by atoms with van der Waals surface area (Å²) in [6.07, 6.45) is 3.57. The number of aliphatic hydroxyl groups is 1. The highest BCUT2D eigenvalue weighted by Crippen LogP contribution is 2.49. The number of hydrogen-bond acceptors (Lipinski definition) is 3. The summed E-state index contributed by atoms with van der Waals surface area (Å²) in [7, 11) is 1.54. The molecule has 1 unspecified atom stereocenters. The van der Waals surface area contributed by atoms with Crippen molar-refractivity contribution in [1.29, 1.82) is 0 Å². The zero-order chi connectivity index (χ0) is 15.0. The molecule has 1 aromatic carbocycles. The van der Waals surface area contributed by atoms with Crippen molar-refractivity contribution in [3.05, 3.63) is 28.8 Å². The highest BCUT2D eigenvalue weighted by atomic mass is 35.5. The van der Waals surface area contributed by atoms with E-state index in [4.69, 9.17) is 16.3 Å². The fraction of sp³-hybridized carbons (Fsp3) is 0.562. The number of aliphatic hydroxyl groups excluding tert-OH is 1. The highest BCUT2D eigenvalue weighted by Gasteiger charge is 2.47. The molecule has 1 amide bonds. The van der Waals surface area contributed by atoms with Gasteiger partial charge in [0.1, 0.15) is 5.75 Å². The number of ether oxygens (including phenoxy) is 1. The Morgan fingerprint density at radius 2 is 2.10 bits per heavy atom. The molecule has 2 fully saturated rings. The number of nitrogens with zero attached hydrogens (tertiary/aromatic N) is 1. The largest absolute Gasteiger partial charge is 0.496 e. The third-order valence-electron chi connectivity index (χ3n) is 5.06. The second kappa shape index (κ2) is 5.50. The molecule has 1 aliphatic heterocycles. The molecule has 5 heteroatoms. The van der Waals surface area contributed by atoms with Crippen molar-refractivity contribution in [3.8, 4) is 5.75 Å². The molecule has 1 atom stereocenters. The maximum Gasteiger partial charge on any atom is 0.257 e. The maximum absolute atomic E-state index is 12.6. The maximum atomic E-state index is 12.6. The Hall–Kier alpha value is -1.26. The van der Waals surface area contributed by atoms with Crippen molar-refractivity contribution in [2.45, 2.75) is 31.8 Å². The lowest BCUT2D eigenvalue weighted by atomic mass is 9.61. The number of carbonyl (C=O) groups excluding carboxylic acids is 1. The molecule has 1 aromatic rings. The molecule has 3 rings (SSSR count). The van der Waals surface area contributed by atoms with Crippen LogP contribution in [0.3, 0.4) is 0 Å². The van der Waals surface area contributed by atoms with E-state index in [0.29, 0.717) is 29.4 Å². The van der Waals surface area contributed by atoms with Crippen LogP contribution in [-0.2, 0) is 0 Å². The van der Waals surface area contributed by atoms with Gasteiger partial charge in [-0.1, -0.05) is 11.6 Å². The lowest BCUT2D eigenvalue weighted by Crippen LogP contribution is -2.53. The SMILES string of the molecule is COc1cc(Cl)ccc1C(=O)N1CCC2(CCC2O)CC1. The van der Waals surface area contributed by atoms with Gasteiger partial charge in [0, 0.05) is 18.1 Å². The fourth-order valence-corrected chi connectivity index (χ4v) is 3.59. The number of piperidine rings is 1. The minimum Gasteiger partial charge on any atom is -0.496 e. The van der Waals surface area contributed by atoms with Gasteiger partial charge in [-0.05, 0) is 49.3 Å². The summed E-state index contributed by atoms with van der Waals surface area (Å²) in [5.41, 5.74) is 0.618. The Morgan fingerprint density at radius 1 is 1.38 bits per heavy atom. The van der Waals surface area contributed by atoms with Crippen LogP contribution in [0.1, 0.15) is 36.0 Å². The molecule has 2 aliphatic rings. The zero-order valence-electron chi connectivity index (χ0n) is 12.1. The lowest BCUT2D eigenvalue weighted by molar-refractivity contribution is -0.0952. The molecular formula is C16H20ClNO3. The summed E-state index contributed by atoms with van der Waals surface area (Å²) < 4.78 is 5.26. The molecule has 1 N–H and O–H groups in total. The van der Waals surface area contributed by atoms with Gasteiger partial charge in [-0.3, -0.25) is 4.79 Å². The molecule has 1 saturated carbocycles. The molecule has 4 nitrogen and oxygen atoms in total. The first kappa shape index (κ1) is 14.7. The lowest BCUT2D eigenvalue weighted by Gasteiger charge is -2.51. The fourth-order valence-electron chi connectivity index (χ4n) is 3.43. The van der Waals surface area contributed by atoms with Gasteiger partial charge in [0.2, 0.25) is 0 Å². The quantitative estimate of drug-likeness (QED) is 0.914. The van der Waals surface area contributed by atoms with Gasteiger partial charge in [-0.15, -0.1) is 0 Å². The number of amides is 1. The first-order valence-electron chi connectivity index (χ1n) is 7.37. The van der Waals surface area contributed by atoms with Crippen LogP contribution in [0, 0.1) is 5.41 Å². The summed E-state index contributed by atoms with van der Waals surface area (Å²) >= 11 is 5.93. The summed E-state index contributed by atoms with van der Waals surface area (Å²) in [6.45, 7) is 1.39. The van der Waals surface area contributed by atoms with Crippen molar-refractivity contribution in [2.24, 2.45) is 5.41 Å². The van der Waals surface area contributed by atoms with E-state index in [1.807, 2.05) is 4.90 Å². The van der Waals surface area contributed by atoms with Crippen LogP contribution < -0.4 is 4.74 Å². The van der Waals surface area contributed by atoms with Crippen LogP contribution in [0.25, 0.3) is 0 Å². The van der Waals surface area contributed by atoms with Crippen LogP contribution >= 0.6 is 11.6 Å². The first-order valence-corrected chi connectivity index (χ1v) is 7.74. The van der Waals surface area contributed by atoms with Crippen LogP contribution in [0.2, 0.25) is 5.02 Å². The van der Waals surface area contributed by atoms with Crippen molar-refractivity contribution >= 4 is 17.5 Å². The van der Waals surface area contributed by atoms with E-state index >= 15 is 0 Å². The number of likely N-dealkylation sites (tertiary alicyclic amines) is 1. The predicted molar refractivity (Wildman–Crippen MR) is 80.8 cm³/mol. The Kier molecular flexibility index (Phi) is 3.84. The second-order valence-electron chi connectivity index (χ2n) is 6.05. The average molecular weight is 310 g/mol. The minimum absolute atomic E-state index is 0.0211. The number of benzene rings is 1. The minimum atomic E-state index is -0.181. The Balaban J connectivity index is 1.72. The van der Waals surface area contributed by atoms with E-state index in [2.05, 4.69) is 0 Å². The third kappa shape index (κ3) is 2.51. The molecule has 114 valence electrons. The molecule has 1 heterocycles. The standard InChI is InChI=1S/C16H20ClNO3/c1-21-13-10-11(17)2-3-12(13)15(20)18-8-6-16(7-9-18)5-4-14(16)19/h2-3,10,14,19H,4-9H2,1H3. The topological polar surface area (TPSA) is 49.8 Å². The van der Waals surface area contributed by atoms with Crippen LogP contribution in [0.5, 0.6) is 5.75 Å². The van der Waals surface area contributed by atoms with E-state index < -0.39 is 0 Å². The van der Waals surface area contributed by atoms with Crippen LogP contribution in [0.4, 0.5) is 0 Å². The number of carbonyl (C=O) groups is 1. The van der Waals surface area contributed by atoms with Gasteiger partial charge in [-0.2, -0.15) is 0 Å². The second-order valence-corrected chi connectivity index (χ2v) is 6.49. The van der Waals surface area contributed by atoms with Crippen LogP contribution in [-0.4, -0.2) is 42.2 Å². The molecule has 1 aliphatic carbocycles. The monoisotopic (exact) mass is 309 g/mol. The summed E-state index contributed by atoms with van der Waals surface area (Å²) in [4.78, 5) is 14.5. The van der Waals surface area contributed by atoms with E-state index in [0.717, 1.165) is 25.7 Å². The van der Waals surface area contributed by atoms with Crippen LogP contribution in [0.15, 0.2) is 18.2 Å². The molecule has 21 heavy (non-hydrogen) atoms. The van der Waals surface area contributed by atoms with Crippen molar-refractivity contribution in [3.63, 3.8) is 0 Å². The molecular weight excluding hydrogens is 290 g/mol. The van der Waals surface area contributed by atoms with Gasteiger partial charge in [0.05, 0.1) is 18.8 Å². The Labute approximate surface area is 129 Å². The molecule has 0 bridgehead atoms. The number of hydrogen-bond donors (Lipinski definition) is 1. The highest BCUT2D eigenvalue weighted by molar-refractivity contribution is 6.30. The molecule has 1 spiro atoms. The summed E-state index contributed by atoms with van der Waals surface area (Å²) in [5, 5.41) is 10.5. The summed E-state index contributed by atoms with van der Waals surface area (Å²) in [5.74, 6) is 0.489. The van der Waals surface area contributed by atoms with Gasteiger partial charge in [0.15, 0.2) is 0 Å². The van der Waals surface area contributed by atoms with E-state index in [-0.39, 0.29) is 17.4 Å². The summed E-state index contributed by atoms with van der Waals surface area (Å²) in [6, 6.07) is 5.08. The zero-order valence-corrected chi connectivity index (χ0v) is 12.9. The first-order chi connectivity index (χ1) is 10.1. The van der Waals surface area contributed by atoms with E-state index in [1.165, 1.54) is 0 Å². The van der Waals surface area contributed by atoms with E-state index in [1.54, 1.807) is 25.3 Å².